The van der Waals surface area contributed by atoms with Crippen LogP contribution < -0.4 is 10.6 Å². The Labute approximate surface area is 203 Å². The average Bonchev–Trinajstić information content (AvgIpc) is 2.76. The number of terminal acetylenes is 1. The van der Waals surface area contributed by atoms with Gasteiger partial charge in [-0.1, -0.05) is 58.2 Å². The molecule has 188 valence electrons. The minimum absolute atomic E-state index is 0.119. The zero-order chi connectivity index (χ0) is 26.1. The first-order valence-electron chi connectivity index (χ1n) is 11.7. The van der Waals surface area contributed by atoms with Crippen molar-refractivity contribution in [2.45, 2.75) is 85.4 Å². The number of hydrogen-bond donors (Lipinski definition) is 3. The van der Waals surface area contributed by atoms with E-state index in [9.17, 15) is 19.5 Å². The molecule has 0 spiro atoms. The van der Waals surface area contributed by atoms with E-state index in [1.54, 1.807) is 52.8 Å². The van der Waals surface area contributed by atoms with Gasteiger partial charge in [-0.05, 0) is 45.6 Å². The van der Waals surface area contributed by atoms with Gasteiger partial charge < -0.3 is 20.5 Å². The fraction of sp³-hybridized carbons (Fsp3) is 0.577. The average molecular weight is 474 g/mol. The minimum Gasteiger partial charge on any atom is -0.507 e. The van der Waals surface area contributed by atoms with Gasteiger partial charge in [-0.3, -0.25) is 14.5 Å². The molecule has 0 aliphatic heterocycles. The first-order valence-corrected chi connectivity index (χ1v) is 11.7. The molecule has 0 aliphatic rings. The molecule has 8 heteroatoms. The Kier molecular flexibility index (Phi) is 10.9. The maximum Gasteiger partial charge on any atom is 0.408 e. The predicted molar refractivity (Wildman–Crippen MR) is 132 cm³/mol. The quantitative estimate of drug-likeness (QED) is 0.270. The second-order valence-corrected chi connectivity index (χ2v) is 9.41. The van der Waals surface area contributed by atoms with Gasteiger partial charge in [0.2, 0.25) is 5.91 Å². The second-order valence-electron chi connectivity index (χ2n) is 9.41. The van der Waals surface area contributed by atoms with E-state index in [-0.39, 0.29) is 17.2 Å². The number of carbonyl (C=O) groups is 3. The molecule has 0 heterocycles. The van der Waals surface area contributed by atoms with E-state index in [2.05, 4.69) is 16.7 Å². The topological polar surface area (TPSA) is 108 Å². The Morgan fingerprint density at radius 3 is 2.41 bits per heavy atom. The smallest absolute Gasteiger partial charge is 0.408 e. The number of aromatic hydroxyl groups is 1. The third-order valence-corrected chi connectivity index (χ3v) is 5.43. The summed E-state index contributed by atoms with van der Waals surface area (Å²) in [6.45, 7) is 12.9. The highest BCUT2D eigenvalue weighted by molar-refractivity contribution is 5.93. The first kappa shape index (κ1) is 28.8. The summed E-state index contributed by atoms with van der Waals surface area (Å²) in [5, 5.41) is 16.1. The molecule has 0 bridgehead atoms. The number of hydrogen-bond acceptors (Lipinski definition) is 5. The van der Waals surface area contributed by atoms with E-state index in [1.807, 2.05) is 13.8 Å². The molecule has 3 unspecified atom stereocenters. The number of para-hydroxylation sites is 1. The summed E-state index contributed by atoms with van der Waals surface area (Å²) in [6, 6.07) is 4.94. The van der Waals surface area contributed by atoms with Crippen LogP contribution in [0.5, 0.6) is 5.75 Å². The molecular formula is C26H39N3O5. The Hall–Kier alpha value is -3.21. The van der Waals surface area contributed by atoms with Crippen molar-refractivity contribution >= 4 is 17.9 Å². The van der Waals surface area contributed by atoms with Crippen LogP contribution in [0.4, 0.5) is 4.79 Å². The Morgan fingerprint density at radius 1 is 1.24 bits per heavy atom. The van der Waals surface area contributed by atoms with E-state index in [0.717, 1.165) is 17.7 Å². The lowest BCUT2D eigenvalue weighted by molar-refractivity contribution is -0.139. The lowest BCUT2D eigenvalue weighted by Crippen LogP contribution is -2.54. The van der Waals surface area contributed by atoms with Crippen molar-refractivity contribution in [1.82, 2.24) is 15.5 Å². The van der Waals surface area contributed by atoms with Gasteiger partial charge in [0.05, 0.1) is 0 Å². The van der Waals surface area contributed by atoms with Crippen molar-refractivity contribution in [3.63, 3.8) is 0 Å². The number of amides is 3. The molecular weight excluding hydrogens is 434 g/mol. The van der Waals surface area contributed by atoms with Crippen LogP contribution >= 0.6 is 0 Å². The summed E-state index contributed by atoms with van der Waals surface area (Å²) in [5.74, 6) is -1.57. The van der Waals surface area contributed by atoms with Crippen LogP contribution in [0, 0.1) is 25.3 Å². The van der Waals surface area contributed by atoms with Crippen molar-refractivity contribution in [3.8, 4) is 18.2 Å². The fourth-order valence-electron chi connectivity index (χ4n) is 3.32. The van der Waals surface area contributed by atoms with E-state index >= 15 is 0 Å². The summed E-state index contributed by atoms with van der Waals surface area (Å²) in [7, 11) is 0. The number of nitrogens with zero attached hydrogens (tertiary/aromatic N) is 1. The van der Waals surface area contributed by atoms with Gasteiger partial charge >= 0.3 is 6.09 Å². The lowest BCUT2D eigenvalue weighted by Gasteiger charge is -2.32. The standard InChI is InChI=1S/C26H39N3O5/c1-9-12-16-27-23(31)21(19-15-13-14-18(5)22(19)30)29(11-3)24(32)20(17(4)10-2)28-25(33)34-26(6,7)8/h3,13-15,17,20-21,30H,9-10,12,16H2,1-2,4-8H3,(H,27,31)(H,28,33). The molecule has 0 fully saturated rings. The van der Waals surface area contributed by atoms with Crippen LogP contribution in [0.3, 0.4) is 0 Å². The van der Waals surface area contributed by atoms with Crippen LogP contribution in [0.2, 0.25) is 0 Å². The number of phenols is 1. The second kappa shape index (κ2) is 12.9. The first-order chi connectivity index (χ1) is 15.9. The molecule has 1 aromatic carbocycles. The number of aryl methyl sites for hydroxylation is 1. The van der Waals surface area contributed by atoms with Crippen LogP contribution in [-0.4, -0.2) is 46.1 Å². The van der Waals surface area contributed by atoms with Crippen molar-refractivity contribution in [3.05, 3.63) is 29.3 Å². The Morgan fingerprint density at radius 2 is 1.88 bits per heavy atom. The summed E-state index contributed by atoms with van der Waals surface area (Å²) >= 11 is 0. The maximum atomic E-state index is 13.7. The van der Waals surface area contributed by atoms with Crippen LogP contribution in [-0.2, 0) is 14.3 Å². The highest BCUT2D eigenvalue weighted by atomic mass is 16.6. The summed E-state index contributed by atoms with van der Waals surface area (Å²) in [6.07, 6.45) is 7.18. The third-order valence-electron chi connectivity index (χ3n) is 5.43. The van der Waals surface area contributed by atoms with Crippen LogP contribution in [0.15, 0.2) is 18.2 Å². The predicted octanol–water partition coefficient (Wildman–Crippen LogP) is 4.02. The fourth-order valence-corrected chi connectivity index (χ4v) is 3.32. The molecule has 0 aliphatic carbocycles. The van der Waals surface area contributed by atoms with Gasteiger partial charge in [-0.2, -0.15) is 0 Å². The third kappa shape index (κ3) is 7.98. The Bertz CT molecular complexity index is 901. The summed E-state index contributed by atoms with van der Waals surface area (Å²) < 4.78 is 5.33. The molecule has 3 N–H and O–H groups in total. The van der Waals surface area contributed by atoms with Crippen LogP contribution in [0.25, 0.3) is 0 Å². The number of unbranched alkanes of at least 4 members (excludes halogenated alkanes) is 1. The van der Waals surface area contributed by atoms with Gasteiger partial charge in [-0.15, -0.1) is 0 Å². The summed E-state index contributed by atoms with van der Waals surface area (Å²) in [4.78, 5) is 40.3. The van der Waals surface area contributed by atoms with E-state index in [0.29, 0.717) is 18.5 Å². The van der Waals surface area contributed by atoms with Gasteiger partial charge in [0, 0.05) is 18.2 Å². The molecule has 1 rings (SSSR count). The normalized spacial score (nSPS) is 13.7. The molecule has 0 aromatic heterocycles. The highest BCUT2D eigenvalue weighted by Crippen LogP contribution is 2.32. The monoisotopic (exact) mass is 473 g/mol. The molecule has 0 saturated carbocycles. The highest BCUT2D eigenvalue weighted by Gasteiger charge is 2.38. The Balaban J connectivity index is 3.44. The number of rotatable bonds is 10. The van der Waals surface area contributed by atoms with Crippen molar-refractivity contribution in [2.75, 3.05) is 6.54 Å². The van der Waals surface area contributed by atoms with E-state index in [1.165, 1.54) is 0 Å². The number of carbonyl (C=O) groups excluding carboxylic acids is 3. The largest absolute Gasteiger partial charge is 0.507 e. The maximum absolute atomic E-state index is 13.7. The van der Waals surface area contributed by atoms with Gasteiger partial charge in [0.1, 0.15) is 17.4 Å². The minimum atomic E-state index is -1.28. The van der Waals surface area contributed by atoms with Gasteiger partial charge in [0.25, 0.3) is 5.91 Å². The zero-order valence-corrected chi connectivity index (χ0v) is 21.4. The molecule has 3 atom stereocenters. The van der Waals surface area contributed by atoms with E-state index < -0.39 is 35.6 Å². The molecule has 0 saturated heterocycles. The van der Waals surface area contributed by atoms with Crippen molar-refractivity contribution in [2.24, 2.45) is 5.92 Å². The SMILES string of the molecule is C#CN(C(=O)C(NC(=O)OC(C)(C)C)C(C)CC)C(C(=O)NCCCC)c1cccc(C)c1O. The molecule has 1 aromatic rings. The van der Waals surface area contributed by atoms with Crippen LogP contribution in [0.1, 0.15) is 78.0 Å². The van der Waals surface area contributed by atoms with Gasteiger partial charge in [-0.25, -0.2) is 4.79 Å². The van der Waals surface area contributed by atoms with Gasteiger partial charge in [0.15, 0.2) is 6.04 Å². The van der Waals surface area contributed by atoms with E-state index in [4.69, 9.17) is 11.2 Å². The number of alkyl carbamates (subject to hydrolysis) is 1. The number of ether oxygens (including phenoxy) is 1. The number of benzene rings is 1. The molecule has 0 radical (unpaired) electrons. The molecule has 3 amide bonds. The molecule has 34 heavy (non-hydrogen) atoms. The molecule has 8 nitrogen and oxygen atoms in total. The lowest BCUT2D eigenvalue weighted by atomic mass is 9.95. The number of nitrogens with one attached hydrogen (secondary N) is 2. The van der Waals surface area contributed by atoms with Crippen molar-refractivity contribution < 1.29 is 24.2 Å². The number of phenolic OH excluding ortho intramolecular Hbond substituents is 1. The van der Waals surface area contributed by atoms with Crippen molar-refractivity contribution in [1.29, 1.82) is 0 Å². The zero-order valence-electron chi connectivity index (χ0n) is 21.4. The summed E-state index contributed by atoms with van der Waals surface area (Å²) in [5.41, 5.74) is -0.00679.